The third kappa shape index (κ3) is 4.53. The molecule has 2 aromatic carbocycles. The number of halogens is 1. The van der Waals surface area contributed by atoms with Crippen molar-refractivity contribution in [3.05, 3.63) is 84.2 Å². The Hall–Kier alpha value is -2.40. The summed E-state index contributed by atoms with van der Waals surface area (Å²) < 4.78 is 5.74. The molecule has 1 fully saturated rings. The van der Waals surface area contributed by atoms with Crippen LogP contribution in [0.5, 0.6) is 5.75 Å². The molecule has 0 bridgehead atoms. The molecule has 1 saturated heterocycles. The highest BCUT2D eigenvalue weighted by atomic mass is 35.5. The molecule has 2 heterocycles. The summed E-state index contributed by atoms with van der Waals surface area (Å²) >= 11 is 0. The van der Waals surface area contributed by atoms with E-state index in [4.69, 9.17) is 4.74 Å². The largest absolute Gasteiger partial charge is 0.496 e. The van der Waals surface area contributed by atoms with Gasteiger partial charge in [0.05, 0.1) is 7.11 Å². The molecule has 1 N–H and O–H groups in total. The van der Waals surface area contributed by atoms with Gasteiger partial charge in [-0.3, -0.25) is 9.88 Å². The Labute approximate surface area is 173 Å². The van der Waals surface area contributed by atoms with Gasteiger partial charge in [0.1, 0.15) is 5.75 Å². The van der Waals surface area contributed by atoms with Crippen LogP contribution < -0.4 is 10.1 Å². The molecule has 0 saturated carbocycles. The monoisotopic (exact) mass is 395 g/mol. The lowest BCUT2D eigenvalue weighted by Crippen LogP contribution is -2.45. The second-order valence-corrected chi connectivity index (χ2v) is 6.87. The van der Waals surface area contributed by atoms with Gasteiger partial charge >= 0.3 is 0 Å². The van der Waals surface area contributed by atoms with Crippen LogP contribution in [0.4, 0.5) is 0 Å². The maximum atomic E-state index is 5.74. The Bertz CT molecular complexity index is 874. The Morgan fingerprint density at radius 2 is 1.93 bits per heavy atom. The SMILES string of the molecule is COc1cc(-c2ccccc2)ccc1CN1CCNCC1c1cccnc1.Cl. The van der Waals surface area contributed by atoms with Gasteiger partial charge in [-0.25, -0.2) is 0 Å². The lowest BCUT2D eigenvalue weighted by atomic mass is 10.0. The molecule has 3 aromatic rings. The molecule has 1 unspecified atom stereocenters. The Morgan fingerprint density at radius 1 is 1.07 bits per heavy atom. The van der Waals surface area contributed by atoms with Gasteiger partial charge in [0.15, 0.2) is 0 Å². The summed E-state index contributed by atoms with van der Waals surface area (Å²) in [6.45, 7) is 3.81. The number of hydrogen-bond donors (Lipinski definition) is 1. The lowest BCUT2D eigenvalue weighted by molar-refractivity contribution is 0.152. The van der Waals surface area contributed by atoms with Crippen LogP contribution in [-0.2, 0) is 6.54 Å². The second-order valence-electron chi connectivity index (χ2n) is 6.87. The van der Waals surface area contributed by atoms with E-state index in [1.807, 2.05) is 24.5 Å². The summed E-state index contributed by atoms with van der Waals surface area (Å²) in [4.78, 5) is 6.81. The van der Waals surface area contributed by atoms with Crippen molar-refractivity contribution in [1.29, 1.82) is 0 Å². The molecule has 1 aromatic heterocycles. The second kappa shape index (κ2) is 9.69. The molecule has 4 rings (SSSR count). The van der Waals surface area contributed by atoms with Gasteiger partial charge in [-0.2, -0.15) is 0 Å². The molecular formula is C23H26ClN3O. The van der Waals surface area contributed by atoms with Crippen LogP contribution in [0.2, 0.25) is 0 Å². The van der Waals surface area contributed by atoms with Gasteiger partial charge in [-0.1, -0.05) is 48.5 Å². The molecule has 0 aliphatic carbocycles. The van der Waals surface area contributed by atoms with E-state index in [1.54, 1.807) is 7.11 Å². The molecule has 1 atom stereocenters. The van der Waals surface area contributed by atoms with E-state index in [9.17, 15) is 0 Å². The fourth-order valence-corrected chi connectivity index (χ4v) is 3.74. The molecule has 146 valence electrons. The minimum Gasteiger partial charge on any atom is -0.496 e. The van der Waals surface area contributed by atoms with Crippen molar-refractivity contribution in [2.75, 3.05) is 26.7 Å². The molecule has 0 amide bonds. The van der Waals surface area contributed by atoms with Gasteiger partial charge in [-0.05, 0) is 28.8 Å². The maximum absolute atomic E-state index is 5.74. The lowest BCUT2D eigenvalue weighted by Gasteiger charge is -2.36. The third-order valence-corrected chi connectivity index (χ3v) is 5.19. The fourth-order valence-electron chi connectivity index (χ4n) is 3.74. The number of nitrogens with zero attached hydrogens (tertiary/aromatic N) is 2. The van der Waals surface area contributed by atoms with E-state index in [0.717, 1.165) is 31.9 Å². The Balaban J connectivity index is 0.00000225. The van der Waals surface area contributed by atoms with Crippen molar-refractivity contribution < 1.29 is 4.74 Å². The molecule has 1 aliphatic heterocycles. The van der Waals surface area contributed by atoms with Crippen molar-refractivity contribution >= 4 is 12.4 Å². The first-order valence-corrected chi connectivity index (χ1v) is 9.42. The van der Waals surface area contributed by atoms with Crippen molar-refractivity contribution in [3.63, 3.8) is 0 Å². The quantitative estimate of drug-likeness (QED) is 0.697. The standard InChI is InChI=1S/C23H25N3O.ClH/c1-27-23-14-19(18-6-3-2-4-7-18)9-10-21(23)17-26-13-12-25-16-22(26)20-8-5-11-24-15-20;/h2-11,14-15,22,25H,12-13,16-17H2,1H3;1H. The van der Waals surface area contributed by atoms with E-state index >= 15 is 0 Å². The number of pyridine rings is 1. The highest BCUT2D eigenvalue weighted by Crippen LogP contribution is 2.30. The normalized spacial score (nSPS) is 17.0. The topological polar surface area (TPSA) is 37.4 Å². The highest BCUT2D eigenvalue weighted by molar-refractivity contribution is 5.85. The predicted octanol–water partition coefficient (Wildman–Crippen LogP) is 4.33. The minimum atomic E-state index is 0. The summed E-state index contributed by atoms with van der Waals surface area (Å²) in [5.74, 6) is 0.944. The van der Waals surface area contributed by atoms with Crippen LogP contribution in [-0.4, -0.2) is 36.6 Å². The van der Waals surface area contributed by atoms with Crippen molar-refractivity contribution in [2.45, 2.75) is 12.6 Å². The van der Waals surface area contributed by atoms with Crippen LogP contribution in [0.15, 0.2) is 73.1 Å². The zero-order valence-corrected chi connectivity index (χ0v) is 16.9. The molecule has 28 heavy (non-hydrogen) atoms. The number of benzene rings is 2. The number of rotatable bonds is 5. The van der Waals surface area contributed by atoms with Crippen LogP contribution >= 0.6 is 12.4 Å². The van der Waals surface area contributed by atoms with Crippen molar-refractivity contribution in [1.82, 2.24) is 15.2 Å². The first-order valence-electron chi connectivity index (χ1n) is 9.42. The van der Waals surface area contributed by atoms with Gasteiger partial charge in [-0.15, -0.1) is 12.4 Å². The molecule has 0 spiro atoms. The number of methoxy groups -OCH3 is 1. The minimum absolute atomic E-state index is 0. The smallest absolute Gasteiger partial charge is 0.123 e. The van der Waals surface area contributed by atoms with Crippen molar-refractivity contribution in [3.8, 4) is 16.9 Å². The highest BCUT2D eigenvalue weighted by Gasteiger charge is 2.24. The summed E-state index contributed by atoms with van der Waals surface area (Å²) in [6, 6.07) is 21.5. The molecule has 5 heteroatoms. The van der Waals surface area contributed by atoms with E-state index in [1.165, 1.54) is 22.3 Å². The van der Waals surface area contributed by atoms with E-state index < -0.39 is 0 Å². The first-order chi connectivity index (χ1) is 13.3. The maximum Gasteiger partial charge on any atom is 0.123 e. The third-order valence-electron chi connectivity index (χ3n) is 5.19. The zero-order valence-electron chi connectivity index (χ0n) is 16.0. The molecule has 0 radical (unpaired) electrons. The van der Waals surface area contributed by atoms with E-state index in [0.29, 0.717) is 6.04 Å². The van der Waals surface area contributed by atoms with Gasteiger partial charge in [0.2, 0.25) is 0 Å². The summed E-state index contributed by atoms with van der Waals surface area (Å²) in [7, 11) is 1.75. The van der Waals surface area contributed by atoms with Gasteiger partial charge in [0.25, 0.3) is 0 Å². The van der Waals surface area contributed by atoms with Crippen molar-refractivity contribution in [2.24, 2.45) is 0 Å². The predicted molar refractivity (Wildman–Crippen MR) is 116 cm³/mol. The average Bonchev–Trinajstić information content (AvgIpc) is 2.75. The summed E-state index contributed by atoms with van der Waals surface area (Å²) in [6.07, 6.45) is 3.80. The molecule has 1 aliphatic rings. The van der Waals surface area contributed by atoms with E-state index in [2.05, 4.69) is 63.7 Å². The van der Waals surface area contributed by atoms with E-state index in [-0.39, 0.29) is 12.4 Å². The van der Waals surface area contributed by atoms with Crippen LogP contribution in [0.25, 0.3) is 11.1 Å². The van der Waals surface area contributed by atoms with Crippen LogP contribution in [0, 0.1) is 0 Å². The van der Waals surface area contributed by atoms with Gasteiger partial charge in [0, 0.05) is 50.2 Å². The first kappa shape index (κ1) is 20.3. The zero-order chi connectivity index (χ0) is 18.5. The van der Waals surface area contributed by atoms with Gasteiger partial charge < -0.3 is 10.1 Å². The molecule has 4 nitrogen and oxygen atoms in total. The molecular weight excluding hydrogens is 370 g/mol. The fraction of sp³-hybridized carbons (Fsp3) is 0.261. The summed E-state index contributed by atoms with van der Waals surface area (Å²) in [5.41, 5.74) is 4.86. The number of ether oxygens (including phenoxy) is 1. The number of aromatic nitrogens is 1. The summed E-state index contributed by atoms with van der Waals surface area (Å²) in [5, 5.41) is 3.51. The number of nitrogens with one attached hydrogen (secondary N) is 1. The number of hydrogen-bond acceptors (Lipinski definition) is 4. The number of piperazine rings is 1. The van der Waals surface area contributed by atoms with Crippen LogP contribution in [0.3, 0.4) is 0 Å². The Morgan fingerprint density at radius 3 is 2.68 bits per heavy atom. The average molecular weight is 396 g/mol. The Kier molecular flexibility index (Phi) is 7.04. The van der Waals surface area contributed by atoms with Crippen LogP contribution in [0.1, 0.15) is 17.2 Å².